The summed E-state index contributed by atoms with van der Waals surface area (Å²) >= 11 is 0. The van der Waals surface area contributed by atoms with Gasteiger partial charge in [-0.3, -0.25) is 9.59 Å². The Bertz CT molecular complexity index is 999. The fourth-order valence-corrected chi connectivity index (χ4v) is 4.03. The summed E-state index contributed by atoms with van der Waals surface area (Å²) in [5, 5.41) is 11.1. The Morgan fingerprint density at radius 1 is 1.03 bits per heavy atom. The zero-order chi connectivity index (χ0) is 23.3. The summed E-state index contributed by atoms with van der Waals surface area (Å²) in [5.41, 5.74) is 1.11. The maximum Gasteiger partial charge on any atom is 0.295 e. The molecular weight excluding hydrogens is 408 g/mol. The van der Waals surface area contributed by atoms with E-state index < -0.39 is 17.7 Å². The SMILES string of the molecule is CCN(CC)CCN1C(=O)C(=O)C(=C(O)c2ccccc2)[C@@H]1c1cc(OC)ccc1OC. The van der Waals surface area contributed by atoms with Crippen molar-refractivity contribution in [3.63, 3.8) is 0 Å². The largest absolute Gasteiger partial charge is 0.507 e. The third-order valence-corrected chi connectivity index (χ3v) is 5.87. The molecule has 1 N–H and O–H groups in total. The Labute approximate surface area is 188 Å². The topological polar surface area (TPSA) is 79.3 Å². The van der Waals surface area contributed by atoms with Crippen LogP contribution in [0.4, 0.5) is 0 Å². The van der Waals surface area contributed by atoms with Crippen LogP contribution >= 0.6 is 0 Å². The van der Waals surface area contributed by atoms with E-state index in [1.807, 2.05) is 6.07 Å². The van der Waals surface area contributed by atoms with Crippen molar-refractivity contribution in [1.29, 1.82) is 0 Å². The van der Waals surface area contributed by atoms with Gasteiger partial charge in [0, 0.05) is 24.2 Å². The molecule has 0 radical (unpaired) electrons. The van der Waals surface area contributed by atoms with Gasteiger partial charge >= 0.3 is 0 Å². The van der Waals surface area contributed by atoms with Gasteiger partial charge in [-0.25, -0.2) is 0 Å². The van der Waals surface area contributed by atoms with Gasteiger partial charge in [-0.2, -0.15) is 0 Å². The summed E-state index contributed by atoms with van der Waals surface area (Å²) in [6.07, 6.45) is 0. The first-order chi connectivity index (χ1) is 15.5. The van der Waals surface area contributed by atoms with Crippen molar-refractivity contribution in [1.82, 2.24) is 9.80 Å². The van der Waals surface area contributed by atoms with Gasteiger partial charge in [-0.1, -0.05) is 44.2 Å². The summed E-state index contributed by atoms with van der Waals surface area (Å²) in [4.78, 5) is 30.0. The lowest BCUT2D eigenvalue weighted by atomic mass is 9.94. The van der Waals surface area contributed by atoms with Gasteiger partial charge < -0.3 is 24.4 Å². The Kier molecular flexibility index (Phi) is 7.53. The van der Waals surface area contributed by atoms with Gasteiger partial charge in [-0.15, -0.1) is 0 Å². The Balaban J connectivity index is 2.18. The zero-order valence-electron chi connectivity index (χ0n) is 19.0. The molecule has 1 saturated heterocycles. The molecule has 7 heteroatoms. The molecule has 0 bridgehead atoms. The second-order valence-electron chi connectivity index (χ2n) is 7.49. The highest BCUT2D eigenvalue weighted by Crippen LogP contribution is 2.43. The predicted octanol–water partition coefficient (Wildman–Crippen LogP) is 3.47. The van der Waals surface area contributed by atoms with Crippen LogP contribution in [0, 0.1) is 0 Å². The molecule has 0 aliphatic carbocycles. The van der Waals surface area contributed by atoms with Gasteiger partial charge in [0.25, 0.3) is 11.7 Å². The highest BCUT2D eigenvalue weighted by atomic mass is 16.5. The number of likely N-dealkylation sites (N-methyl/N-ethyl adjacent to an activating group) is 1. The van der Waals surface area contributed by atoms with E-state index in [1.54, 1.807) is 49.6 Å². The van der Waals surface area contributed by atoms with E-state index in [-0.39, 0.29) is 11.3 Å². The molecule has 3 rings (SSSR count). The molecule has 2 aromatic rings. The number of carbonyl (C=O) groups is 2. The number of benzene rings is 2. The number of Topliss-reactive ketones (excluding diaryl/α,β-unsaturated/α-hetero) is 1. The molecule has 2 aromatic carbocycles. The van der Waals surface area contributed by atoms with E-state index in [2.05, 4.69) is 18.7 Å². The summed E-state index contributed by atoms with van der Waals surface area (Å²) in [5.74, 6) is -0.478. The van der Waals surface area contributed by atoms with Crippen LogP contribution in [0.15, 0.2) is 54.1 Å². The van der Waals surface area contributed by atoms with E-state index in [1.165, 1.54) is 12.0 Å². The lowest BCUT2D eigenvalue weighted by Crippen LogP contribution is -2.38. The van der Waals surface area contributed by atoms with Crippen molar-refractivity contribution in [2.45, 2.75) is 19.9 Å². The van der Waals surface area contributed by atoms with Crippen molar-refractivity contribution < 1.29 is 24.2 Å². The average Bonchev–Trinajstić information content (AvgIpc) is 3.09. The number of nitrogens with zero attached hydrogens (tertiary/aromatic N) is 2. The minimum atomic E-state index is -0.796. The fourth-order valence-electron chi connectivity index (χ4n) is 4.03. The van der Waals surface area contributed by atoms with E-state index in [0.717, 1.165) is 13.1 Å². The molecule has 0 saturated carbocycles. The van der Waals surface area contributed by atoms with E-state index in [4.69, 9.17) is 9.47 Å². The number of carbonyl (C=O) groups excluding carboxylic acids is 2. The summed E-state index contributed by atoms with van der Waals surface area (Å²) in [6, 6.07) is 13.2. The predicted molar refractivity (Wildman–Crippen MR) is 123 cm³/mol. The highest BCUT2D eigenvalue weighted by Gasteiger charge is 2.47. The van der Waals surface area contributed by atoms with Crippen molar-refractivity contribution in [3.8, 4) is 11.5 Å². The molecule has 32 heavy (non-hydrogen) atoms. The second kappa shape index (κ2) is 10.3. The lowest BCUT2D eigenvalue weighted by molar-refractivity contribution is -0.140. The normalized spacial score (nSPS) is 17.8. The number of ketones is 1. The molecule has 0 unspecified atom stereocenters. The fraction of sp³-hybridized carbons (Fsp3) is 0.360. The van der Waals surface area contributed by atoms with Gasteiger partial charge in [0.1, 0.15) is 17.3 Å². The zero-order valence-corrected chi connectivity index (χ0v) is 19.0. The van der Waals surface area contributed by atoms with Crippen LogP contribution < -0.4 is 9.47 Å². The summed E-state index contributed by atoms with van der Waals surface area (Å²) < 4.78 is 10.9. The molecule has 170 valence electrons. The van der Waals surface area contributed by atoms with Crippen molar-refractivity contribution >= 4 is 17.4 Å². The Morgan fingerprint density at radius 2 is 1.72 bits per heavy atom. The van der Waals surface area contributed by atoms with Crippen LogP contribution in [-0.2, 0) is 9.59 Å². The maximum atomic E-state index is 13.2. The first kappa shape index (κ1) is 23.3. The van der Waals surface area contributed by atoms with Crippen LogP contribution in [0.25, 0.3) is 5.76 Å². The number of ether oxygens (including phenoxy) is 2. The quantitative estimate of drug-likeness (QED) is 0.367. The first-order valence-corrected chi connectivity index (χ1v) is 10.7. The number of aliphatic hydroxyl groups is 1. The lowest BCUT2D eigenvalue weighted by Gasteiger charge is -2.29. The molecule has 1 amide bonds. The highest BCUT2D eigenvalue weighted by molar-refractivity contribution is 6.46. The molecule has 0 spiro atoms. The third-order valence-electron chi connectivity index (χ3n) is 5.87. The van der Waals surface area contributed by atoms with Crippen molar-refractivity contribution in [2.24, 2.45) is 0 Å². The average molecular weight is 439 g/mol. The Hall–Kier alpha value is -3.32. The number of hydrogen-bond donors (Lipinski definition) is 1. The van der Waals surface area contributed by atoms with E-state index >= 15 is 0 Å². The third kappa shape index (κ3) is 4.48. The molecule has 1 heterocycles. The van der Waals surface area contributed by atoms with Crippen LogP contribution in [-0.4, -0.2) is 67.0 Å². The molecular formula is C25H30N2O5. The minimum Gasteiger partial charge on any atom is -0.507 e. The molecule has 7 nitrogen and oxygen atoms in total. The Morgan fingerprint density at radius 3 is 2.31 bits per heavy atom. The molecule has 0 aromatic heterocycles. The summed E-state index contributed by atoms with van der Waals surface area (Å²) in [6.45, 7) is 6.71. The molecule has 1 aliphatic heterocycles. The smallest absolute Gasteiger partial charge is 0.295 e. The van der Waals surface area contributed by atoms with Gasteiger partial charge in [0.05, 0.1) is 25.8 Å². The number of aliphatic hydroxyl groups excluding tert-OH is 1. The van der Waals surface area contributed by atoms with Gasteiger partial charge in [-0.05, 0) is 31.3 Å². The number of amides is 1. The van der Waals surface area contributed by atoms with Crippen molar-refractivity contribution in [2.75, 3.05) is 40.4 Å². The monoisotopic (exact) mass is 438 g/mol. The van der Waals surface area contributed by atoms with Gasteiger partial charge in [0.2, 0.25) is 0 Å². The number of rotatable bonds is 9. The number of hydrogen-bond acceptors (Lipinski definition) is 6. The van der Waals surface area contributed by atoms with Crippen LogP contribution in [0.2, 0.25) is 0 Å². The van der Waals surface area contributed by atoms with Crippen LogP contribution in [0.3, 0.4) is 0 Å². The number of methoxy groups -OCH3 is 2. The van der Waals surface area contributed by atoms with Crippen LogP contribution in [0.5, 0.6) is 11.5 Å². The maximum absolute atomic E-state index is 13.2. The second-order valence-corrected chi connectivity index (χ2v) is 7.49. The first-order valence-electron chi connectivity index (χ1n) is 10.7. The van der Waals surface area contributed by atoms with Crippen LogP contribution in [0.1, 0.15) is 31.0 Å². The standard InChI is InChI=1S/C25H30N2O5/c1-5-26(6-2)14-15-27-22(19-16-18(31-3)12-13-20(19)32-4)21(24(29)25(27)30)23(28)17-10-8-7-9-11-17/h7-13,16,22,28H,5-6,14-15H2,1-4H3/t22-/m0/s1. The van der Waals surface area contributed by atoms with E-state index in [9.17, 15) is 14.7 Å². The van der Waals surface area contributed by atoms with Gasteiger partial charge in [0.15, 0.2) is 0 Å². The molecule has 1 aliphatic rings. The minimum absolute atomic E-state index is 0.0484. The van der Waals surface area contributed by atoms with E-state index in [0.29, 0.717) is 35.7 Å². The summed E-state index contributed by atoms with van der Waals surface area (Å²) in [7, 11) is 3.08. The van der Waals surface area contributed by atoms with Crippen molar-refractivity contribution in [3.05, 3.63) is 65.2 Å². The number of likely N-dealkylation sites (tertiary alicyclic amines) is 1. The molecule has 1 fully saturated rings. The molecule has 1 atom stereocenters.